The van der Waals surface area contributed by atoms with Crippen LogP contribution in [0, 0.1) is 0 Å². The summed E-state index contributed by atoms with van der Waals surface area (Å²) in [5.41, 5.74) is 7.99. The van der Waals surface area contributed by atoms with Crippen LogP contribution < -0.4 is 19.9 Å². The number of hydrogen-bond donors (Lipinski definition) is 1. The second-order valence-corrected chi connectivity index (χ2v) is 7.56. The molecule has 6 heteroatoms. The van der Waals surface area contributed by atoms with Gasteiger partial charge in [0.25, 0.3) is 0 Å². The molecular weight excluding hydrogens is 418 g/mol. The van der Waals surface area contributed by atoms with Crippen LogP contribution in [0.25, 0.3) is 0 Å². The second-order valence-electron chi connectivity index (χ2n) is 7.56. The van der Waals surface area contributed by atoms with Crippen molar-refractivity contribution in [1.82, 2.24) is 0 Å². The minimum absolute atomic E-state index is 0.405. The van der Waals surface area contributed by atoms with E-state index in [2.05, 4.69) is 12.1 Å². The number of carbonyl (C=O) groups excluding carboxylic acids is 1. The fraction of sp³-hybridized carbons (Fsp3) is 0.296. The molecule has 0 spiro atoms. The largest absolute Gasteiger partial charge is 0.494 e. The number of ether oxygens (including phenoxy) is 4. The maximum atomic E-state index is 11.6. The van der Waals surface area contributed by atoms with E-state index in [-0.39, 0.29) is 0 Å². The molecule has 0 bridgehead atoms. The number of unbranched alkanes of at least 4 members (excludes halogenated alkanes) is 1. The first-order valence-electron chi connectivity index (χ1n) is 11.2. The summed E-state index contributed by atoms with van der Waals surface area (Å²) >= 11 is 0. The highest BCUT2D eigenvalue weighted by molar-refractivity contribution is 5.90. The zero-order valence-electron chi connectivity index (χ0n) is 19.0. The molecule has 0 saturated carbocycles. The number of esters is 1. The smallest absolute Gasteiger partial charge is 0.337 e. The van der Waals surface area contributed by atoms with Crippen LogP contribution in [0.5, 0.6) is 17.2 Å². The molecule has 0 heterocycles. The first-order valence-corrected chi connectivity index (χ1v) is 11.2. The Kier molecular flexibility index (Phi) is 9.45. The molecule has 0 radical (unpaired) electrons. The predicted octanol–water partition coefficient (Wildman–Crippen LogP) is 5.31. The lowest BCUT2D eigenvalue weighted by Crippen LogP contribution is -2.05. The van der Waals surface area contributed by atoms with Crippen molar-refractivity contribution in [3.63, 3.8) is 0 Å². The summed E-state index contributed by atoms with van der Waals surface area (Å²) in [6, 6.07) is 22.9. The number of nitrogens with two attached hydrogens (primary N) is 1. The number of methoxy groups -OCH3 is 1. The van der Waals surface area contributed by atoms with Crippen LogP contribution in [0.2, 0.25) is 0 Å². The van der Waals surface area contributed by atoms with Gasteiger partial charge < -0.3 is 24.7 Å². The number of nitrogen functional groups attached to an aromatic ring is 1. The van der Waals surface area contributed by atoms with Crippen molar-refractivity contribution >= 4 is 11.7 Å². The van der Waals surface area contributed by atoms with E-state index < -0.39 is 5.97 Å². The van der Waals surface area contributed by atoms with E-state index in [0.717, 1.165) is 37.2 Å². The van der Waals surface area contributed by atoms with Crippen molar-refractivity contribution in [2.24, 2.45) is 0 Å². The minimum Gasteiger partial charge on any atom is -0.494 e. The van der Waals surface area contributed by atoms with Crippen molar-refractivity contribution < 1.29 is 23.7 Å². The third-order valence-corrected chi connectivity index (χ3v) is 5.02. The van der Waals surface area contributed by atoms with Gasteiger partial charge in [0.1, 0.15) is 17.2 Å². The number of benzene rings is 3. The van der Waals surface area contributed by atoms with Crippen molar-refractivity contribution in [2.75, 3.05) is 32.7 Å². The third-order valence-electron chi connectivity index (χ3n) is 5.02. The average molecular weight is 450 g/mol. The molecule has 3 rings (SSSR count). The topological polar surface area (TPSA) is 80.0 Å². The molecule has 0 aliphatic heterocycles. The molecule has 174 valence electrons. The molecule has 0 atom stereocenters. The normalized spacial score (nSPS) is 10.5. The van der Waals surface area contributed by atoms with Crippen molar-refractivity contribution in [2.45, 2.75) is 25.7 Å². The molecule has 0 aliphatic carbocycles. The SMILES string of the molecule is COC(=O)c1ccc(OCCCc2cccc(OCCCCOc3ccccc3)c2)c(N)c1. The predicted molar refractivity (Wildman–Crippen MR) is 129 cm³/mol. The maximum absolute atomic E-state index is 11.6. The lowest BCUT2D eigenvalue weighted by Gasteiger charge is -2.11. The van der Waals surface area contributed by atoms with Gasteiger partial charge >= 0.3 is 5.97 Å². The molecule has 3 aromatic rings. The van der Waals surface area contributed by atoms with E-state index in [1.54, 1.807) is 18.2 Å². The molecule has 0 fully saturated rings. The first kappa shape index (κ1) is 24.0. The van der Waals surface area contributed by atoms with Crippen LogP contribution in [-0.2, 0) is 11.2 Å². The van der Waals surface area contributed by atoms with Gasteiger partial charge in [-0.05, 0) is 73.7 Å². The summed E-state index contributed by atoms with van der Waals surface area (Å²) < 4.78 is 22.1. The van der Waals surface area contributed by atoms with Gasteiger partial charge in [0.05, 0.1) is 38.2 Å². The minimum atomic E-state index is -0.420. The lowest BCUT2D eigenvalue weighted by atomic mass is 10.1. The molecule has 0 unspecified atom stereocenters. The number of rotatable bonds is 13. The summed E-state index contributed by atoms with van der Waals surface area (Å²) in [4.78, 5) is 11.6. The molecule has 6 nitrogen and oxygen atoms in total. The average Bonchev–Trinajstić information content (AvgIpc) is 2.85. The van der Waals surface area contributed by atoms with E-state index in [0.29, 0.717) is 36.8 Å². The van der Waals surface area contributed by atoms with Gasteiger partial charge in [0.2, 0.25) is 0 Å². The fourth-order valence-electron chi connectivity index (χ4n) is 3.27. The highest BCUT2D eigenvalue weighted by Gasteiger charge is 2.09. The van der Waals surface area contributed by atoms with Gasteiger partial charge in [-0.1, -0.05) is 30.3 Å². The van der Waals surface area contributed by atoms with Crippen LogP contribution in [-0.4, -0.2) is 32.9 Å². The molecule has 0 aliphatic rings. The van der Waals surface area contributed by atoms with Gasteiger partial charge in [-0.3, -0.25) is 0 Å². The number of hydrogen-bond acceptors (Lipinski definition) is 6. The Bertz CT molecular complexity index is 1010. The molecule has 0 saturated heterocycles. The van der Waals surface area contributed by atoms with Crippen molar-refractivity contribution in [1.29, 1.82) is 0 Å². The van der Waals surface area contributed by atoms with E-state index >= 15 is 0 Å². The van der Waals surface area contributed by atoms with E-state index in [1.807, 2.05) is 42.5 Å². The zero-order chi connectivity index (χ0) is 23.3. The van der Waals surface area contributed by atoms with Gasteiger partial charge in [0, 0.05) is 0 Å². The van der Waals surface area contributed by atoms with Crippen molar-refractivity contribution in [3.8, 4) is 17.2 Å². The number of aryl methyl sites for hydroxylation is 1. The number of carbonyl (C=O) groups is 1. The number of anilines is 1. The summed E-state index contributed by atoms with van der Waals surface area (Å²) in [7, 11) is 1.34. The summed E-state index contributed by atoms with van der Waals surface area (Å²) in [6.07, 6.45) is 3.57. The Hall–Kier alpha value is -3.67. The van der Waals surface area contributed by atoms with E-state index in [9.17, 15) is 4.79 Å². The van der Waals surface area contributed by atoms with E-state index in [4.69, 9.17) is 24.7 Å². The maximum Gasteiger partial charge on any atom is 0.337 e. The zero-order valence-corrected chi connectivity index (χ0v) is 19.0. The Labute approximate surface area is 195 Å². The quantitative estimate of drug-likeness (QED) is 0.217. The van der Waals surface area contributed by atoms with Gasteiger partial charge in [0.15, 0.2) is 0 Å². The summed E-state index contributed by atoms with van der Waals surface area (Å²) in [5.74, 6) is 1.92. The van der Waals surface area contributed by atoms with Crippen LogP contribution >= 0.6 is 0 Å². The van der Waals surface area contributed by atoms with Crippen LogP contribution in [0.3, 0.4) is 0 Å². The highest BCUT2D eigenvalue weighted by atomic mass is 16.5. The van der Waals surface area contributed by atoms with Crippen LogP contribution in [0.15, 0.2) is 72.8 Å². The lowest BCUT2D eigenvalue weighted by molar-refractivity contribution is 0.0600. The van der Waals surface area contributed by atoms with Crippen LogP contribution in [0.1, 0.15) is 35.2 Å². The monoisotopic (exact) mass is 449 g/mol. The third kappa shape index (κ3) is 8.07. The molecule has 0 aromatic heterocycles. The van der Waals surface area contributed by atoms with Gasteiger partial charge in [-0.25, -0.2) is 4.79 Å². The highest BCUT2D eigenvalue weighted by Crippen LogP contribution is 2.23. The van der Waals surface area contributed by atoms with Gasteiger partial charge in [-0.15, -0.1) is 0 Å². The standard InChI is InChI=1S/C27H31NO5/c1-30-27(29)22-14-15-26(25(28)20-22)33-18-8-10-21-9-7-13-24(19-21)32-17-6-5-16-31-23-11-3-2-4-12-23/h2-4,7,9,11-15,19-20H,5-6,8,10,16-18,28H2,1H3. The van der Waals surface area contributed by atoms with E-state index in [1.165, 1.54) is 12.7 Å². The summed E-state index contributed by atoms with van der Waals surface area (Å²) in [5, 5.41) is 0. The Morgan fingerprint density at radius 3 is 2.18 bits per heavy atom. The Morgan fingerprint density at radius 2 is 1.45 bits per heavy atom. The Morgan fingerprint density at radius 1 is 0.758 bits per heavy atom. The van der Waals surface area contributed by atoms with Gasteiger partial charge in [-0.2, -0.15) is 0 Å². The second kappa shape index (κ2) is 13.0. The van der Waals surface area contributed by atoms with Crippen LogP contribution in [0.4, 0.5) is 5.69 Å². The molecule has 3 aromatic carbocycles. The summed E-state index contributed by atoms with van der Waals surface area (Å²) in [6.45, 7) is 1.86. The first-order chi connectivity index (χ1) is 16.2. The van der Waals surface area contributed by atoms with Crippen molar-refractivity contribution in [3.05, 3.63) is 83.9 Å². The molecular formula is C27H31NO5. The Balaban J connectivity index is 1.33. The number of para-hydroxylation sites is 1. The molecule has 0 amide bonds. The molecule has 33 heavy (non-hydrogen) atoms. The molecule has 2 N–H and O–H groups in total. The fourth-order valence-corrected chi connectivity index (χ4v) is 3.27.